The highest BCUT2D eigenvalue weighted by Crippen LogP contribution is 2.30. The predicted molar refractivity (Wildman–Crippen MR) is 162 cm³/mol. The third-order valence-corrected chi connectivity index (χ3v) is 10.4. The molecule has 0 aliphatic rings. The standard InChI is InChI=1S/C33H40O2Si2/c1-5-15-28(16-6-1)32(29-17-7-2-8-18-29)23-13-25-34-36-27-37-35-26-14-24-33(30-19-9-3-10-20-30)31-21-11-4-12-22-31/h1-12,15-22,32-33H,13-14,23-27,36-37H2. The minimum absolute atomic E-state index is 0.445. The Kier molecular flexibility index (Phi) is 11.9. The highest BCUT2D eigenvalue weighted by molar-refractivity contribution is 6.48. The van der Waals surface area contributed by atoms with Gasteiger partial charge in [0.05, 0.1) is 0 Å². The second kappa shape index (κ2) is 16.2. The van der Waals surface area contributed by atoms with Crippen LogP contribution in [0.3, 0.4) is 0 Å². The Bertz CT molecular complexity index is 938. The molecule has 0 saturated carbocycles. The van der Waals surface area contributed by atoms with Crippen LogP contribution in [0.5, 0.6) is 0 Å². The first-order valence-electron chi connectivity index (χ1n) is 13.8. The van der Waals surface area contributed by atoms with Gasteiger partial charge in [0.1, 0.15) is 0 Å². The molecule has 0 amide bonds. The largest absolute Gasteiger partial charge is 0.424 e. The molecule has 0 atom stereocenters. The fraction of sp³-hybridized carbons (Fsp3) is 0.273. The fourth-order valence-electron chi connectivity index (χ4n) is 5.04. The summed E-state index contributed by atoms with van der Waals surface area (Å²) in [7, 11) is -0.912. The molecule has 0 N–H and O–H groups in total. The lowest BCUT2D eigenvalue weighted by atomic mass is 9.88. The highest BCUT2D eigenvalue weighted by Gasteiger charge is 2.14. The van der Waals surface area contributed by atoms with E-state index in [2.05, 4.69) is 121 Å². The smallest absolute Gasteiger partial charge is 0.160 e. The van der Waals surface area contributed by atoms with Crippen molar-refractivity contribution in [3.63, 3.8) is 0 Å². The van der Waals surface area contributed by atoms with Crippen molar-refractivity contribution in [2.45, 2.75) is 43.2 Å². The summed E-state index contributed by atoms with van der Waals surface area (Å²) in [4.78, 5) is 0. The van der Waals surface area contributed by atoms with E-state index in [1.807, 2.05) is 0 Å². The maximum atomic E-state index is 6.11. The summed E-state index contributed by atoms with van der Waals surface area (Å²) in [6.07, 6.45) is 4.45. The van der Waals surface area contributed by atoms with Gasteiger partial charge < -0.3 is 8.85 Å². The zero-order valence-corrected chi connectivity index (χ0v) is 24.7. The van der Waals surface area contributed by atoms with Crippen molar-refractivity contribution in [2.75, 3.05) is 13.2 Å². The summed E-state index contributed by atoms with van der Waals surface area (Å²) in [6, 6.07) is 43.5. The summed E-state index contributed by atoms with van der Waals surface area (Å²) >= 11 is 0. The van der Waals surface area contributed by atoms with Crippen LogP contribution in [0, 0.1) is 0 Å². The van der Waals surface area contributed by atoms with Crippen LogP contribution in [-0.4, -0.2) is 32.7 Å². The zero-order chi connectivity index (χ0) is 25.4. The molecular weight excluding hydrogens is 485 g/mol. The zero-order valence-electron chi connectivity index (χ0n) is 21.9. The second-order valence-corrected chi connectivity index (χ2v) is 14.1. The first-order chi connectivity index (χ1) is 18.4. The fourth-order valence-corrected chi connectivity index (χ4v) is 7.96. The number of benzene rings is 4. The van der Waals surface area contributed by atoms with E-state index in [0.29, 0.717) is 11.8 Å². The third-order valence-electron chi connectivity index (χ3n) is 6.95. The molecule has 0 spiro atoms. The molecule has 0 fully saturated rings. The molecule has 0 aromatic heterocycles. The number of hydrogen-bond acceptors (Lipinski definition) is 2. The lowest BCUT2D eigenvalue weighted by Crippen LogP contribution is -2.10. The molecule has 0 aliphatic carbocycles. The van der Waals surface area contributed by atoms with Crippen LogP contribution in [0.2, 0.25) is 5.67 Å². The van der Waals surface area contributed by atoms with Crippen molar-refractivity contribution in [2.24, 2.45) is 0 Å². The summed E-state index contributed by atoms with van der Waals surface area (Å²) in [5.74, 6) is 0.891. The molecule has 0 bridgehead atoms. The molecule has 4 rings (SSSR count). The maximum absolute atomic E-state index is 6.11. The Labute approximate surface area is 228 Å². The molecule has 4 aromatic rings. The van der Waals surface area contributed by atoms with Crippen LogP contribution in [0.1, 0.15) is 59.8 Å². The van der Waals surface area contributed by atoms with E-state index in [0.717, 1.165) is 38.9 Å². The third kappa shape index (κ3) is 9.24. The predicted octanol–water partition coefficient (Wildman–Crippen LogP) is 6.79. The molecule has 0 aliphatic heterocycles. The first kappa shape index (κ1) is 27.3. The van der Waals surface area contributed by atoms with Crippen LogP contribution >= 0.6 is 0 Å². The Hall–Kier alpha value is -2.77. The lowest BCUT2D eigenvalue weighted by molar-refractivity contribution is 0.311. The van der Waals surface area contributed by atoms with Crippen molar-refractivity contribution < 1.29 is 8.85 Å². The first-order valence-corrected chi connectivity index (χ1v) is 16.9. The van der Waals surface area contributed by atoms with Gasteiger partial charge in [-0.1, -0.05) is 121 Å². The Morgan fingerprint density at radius 3 is 1.03 bits per heavy atom. The van der Waals surface area contributed by atoms with Crippen LogP contribution < -0.4 is 0 Å². The van der Waals surface area contributed by atoms with E-state index in [1.165, 1.54) is 27.9 Å². The Morgan fingerprint density at radius 2 is 0.730 bits per heavy atom. The van der Waals surface area contributed by atoms with Gasteiger partial charge in [-0.2, -0.15) is 0 Å². The van der Waals surface area contributed by atoms with Crippen LogP contribution in [0.15, 0.2) is 121 Å². The molecule has 4 aromatic carbocycles. The van der Waals surface area contributed by atoms with Gasteiger partial charge in [0.25, 0.3) is 0 Å². The van der Waals surface area contributed by atoms with Gasteiger partial charge in [-0.05, 0) is 53.6 Å². The van der Waals surface area contributed by atoms with Crippen LogP contribution in [0.4, 0.5) is 0 Å². The minimum atomic E-state index is -0.456. The monoisotopic (exact) mass is 524 g/mol. The summed E-state index contributed by atoms with van der Waals surface area (Å²) in [5.41, 5.74) is 6.81. The molecule has 0 saturated heterocycles. The van der Waals surface area contributed by atoms with Gasteiger partial charge in [-0.25, -0.2) is 0 Å². The van der Waals surface area contributed by atoms with E-state index in [1.54, 1.807) is 0 Å². The van der Waals surface area contributed by atoms with Gasteiger partial charge in [-0.3, -0.25) is 0 Å². The van der Waals surface area contributed by atoms with Gasteiger partial charge in [-0.15, -0.1) is 0 Å². The SMILES string of the molecule is c1ccc(C(CCCO[SiH2]C[SiH2]OCCCC(c2ccccc2)c2ccccc2)c2ccccc2)cc1. The minimum Gasteiger partial charge on any atom is -0.424 e. The lowest BCUT2D eigenvalue weighted by Gasteiger charge is -2.18. The van der Waals surface area contributed by atoms with E-state index < -0.39 is 19.5 Å². The molecule has 0 unspecified atom stereocenters. The van der Waals surface area contributed by atoms with Crippen molar-refractivity contribution in [1.82, 2.24) is 0 Å². The van der Waals surface area contributed by atoms with E-state index in [-0.39, 0.29) is 0 Å². The molecular formula is C33H40O2Si2. The van der Waals surface area contributed by atoms with E-state index in [9.17, 15) is 0 Å². The topological polar surface area (TPSA) is 18.5 Å². The molecule has 0 heterocycles. The Balaban J connectivity index is 1.09. The van der Waals surface area contributed by atoms with Gasteiger partial charge in [0, 0.05) is 25.0 Å². The molecule has 0 radical (unpaired) electrons. The van der Waals surface area contributed by atoms with E-state index in [4.69, 9.17) is 8.85 Å². The normalized spacial score (nSPS) is 11.9. The van der Waals surface area contributed by atoms with Crippen molar-refractivity contribution in [3.05, 3.63) is 144 Å². The summed E-state index contributed by atoms with van der Waals surface area (Å²) in [6.45, 7) is 1.76. The average molecular weight is 525 g/mol. The quantitative estimate of drug-likeness (QED) is 0.119. The molecule has 192 valence electrons. The average Bonchev–Trinajstić information content (AvgIpc) is 2.97. The molecule has 37 heavy (non-hydrogen) atoms. The van der Waals surface area contributed by atoms with E-state index >= 15 is 0 Å². The number of hydrogen-bond donors (Lipinski definition) is 0. The van der Waals surface area contributed by atoms with Crippen molar-refractivity contribution >= 4 is 19.5 Å². The van der Waals surface area contributed by atoms with Gasteiger partial charge in [0.2, 0.25) is 0 Å². The highest BCUT2D eigenvalue weighted by atomic mass is 28.3. The van der Waals surface area contributed by atoms with Crippen LogP contribution in [-0.2, 0) is 8.85 Å². The summed E-state index contributed by atoms with van der Waals surface area (Å²) < 4.78 is 12.2. The Morgan fingerprint density at radius 1 is 0.432 bits per heavy atom. The second-order valence-electron chi connectivity index (χ2n) is 9.61. The van der Waals surface area contributed by atoms with Gasteiger partial charge >= 0.3 is 0 Å². The van der Waals surface area contributed by atoms with Crippen molar-refractivity contribution in [3.8, 4) is 0 Å². The van der Waals surface area contributed by atoms with Crippen LogP contribution in [0.25, 0.3) is 0 Å². The maximum Gasteiger partial charge on any atom is 0.160 e. The number of rotatable bonds is 16. The molecule has 4 heteroatoms. The van der Waals surface area contributed by atoms with Gasteiger partial charge in [0.15, 0.2) is 19.5 Å². The van der Waals surface area contributed by atoms with Crippen molar-refractivity contribution in [1.29, 1.82) is 0 Å². The molecule has 2 nitrogen and oxygen atoms in total. The summed E-state index contributed by atoms with van der Waals surface area (Å²) in [5, 5.41) is 0.